The van der Waals surface area contributed by atoms with Gasteiger partial charge in [-0.25, -0.2) is 14.4 Å². The van der Waals surface area contributed by atoms with Crippen molar-refractivity contribution in [2.75, 3.05) is 33.0 Å². The summed E-state index contributed by atoms with van der Waals surface area (Å²) in [5, 5.41) is 0. The van der Waals surface area contributed by atoms with Gasteiger partial charge in [-0.2, -0.15) is 0 Å². The average molecular weight is 639 g/mol. The molecule has 0 unspecified atom stereocenters. The number of carbonyl (C=O) groups excluding carboxylic acids is 6. The lowest BCUT2D eigenvalue weighted by molar-refractivity contribution is -0.211. The Morgan fingerprint density at radius 3 is 1.16 bits per heavy atom. The Balaban J connectivity index is 2.70. The van der Waals surface area contributed by atoms with E-state index in [9.17, 15) is 28.8 Å². The minimum Gasteiger partial charge on any atom is -0.462 e. The zero-order valence-electron chi connectivity index (χ0n) is 26.6. The molecule has 1 aliphatic rings. The number of unbranched alkanes of at least 4 members (excludes halogenated alkanes) is 3. The lowest BCUT2D eigenvalue weighted by Crippen LogP contribution is -2.53. The Bertz CT molecular complexity index is 1020. The van der Waals surface area contributed by atoms with Crippen molar-refractivity contribution in [3.05, 3.63) is 36.5 Å². The van der Waals surface area contributed by atoms with Crippen LogP contribution >= 0.6 is 0 Å². The molecule has 1 fully saturated rings. The second-order valence-corrected chi connectivity index (χ2v) is 10.7. The maximum absolute atomic E-state index is 12.7. The van der Waals surface area contributed by atoms with E-state index >= 15 is 0 Å². The largest absolute Gasteiger partial charge is 0.462 e. The van der Waals surface area contributed by atoms with Crippen molar-refractivity contribution in [3.8, 4) is 0 Å². The third-order valence-corrected chi connectivity index (χ3v) is 6.20. The van der Waals surface area contributed by atoms with Gasteiger partial charge in [0.2, 0.25) is 0 Å². The maximum Gasteiger partial charge on any atom is 0.333 e. The number of hydrogen-bond acceptors (Lipinski definition) is 13. The van der Waals surface area contributed by atoms with Crippen molar-refractivity contribution in [1.82, 2.24) is 0 Å². The summed E-state index contributed by atoms with van der Waals surface area (Å²) < 4.78 is 37.3. The number of rotatable bonds is 21. The third-order valence-electron chi connectivity index (χ3n) is 6.20. The van der Waals surface area contributed by atoms with Crippen molar-refractivity contribution < 1.29 is 61.9 Å². The Labute approximate surface area is 264 Å². The van der Waals surface area contributed by atoms with Crippen molar-refractivity contribution in [2.45, 2.75) is 96.9 Å². The quantitative estimate of drug-likeness (QED) is 0.0775. The van der Waals surface area contributed by atoms with Gasteiger partial charge < -0.3 is 33.2 Å². The van der Waals surface area contributed by atoms with E-state index in [1.807, 2.05) is 0 Å². The van der Waals surface area contributed by atoms with Crippen LogP contribution in [0, 0.1) is 0 Å². The monoisotopic (exact) mass is 638 g/mol. The van der Waals surface area contributed by atoms with Gasteiger partial charge in [0.15, 0.2) is 18.3 Å². The second kappa shape index (κ2) is 21.7. The zero-order chi connectivity index (χ0) is 33.8. The molecular formula is C32H46O13. The molecule has 0 amide bonds. The van der Waals surface area contributed by atoms with Gasteiger partial charge in [-0.15, -0.1) is 0 Å². The first-order valence-electron chi connectivity index (χ1n) is 15.0. The smallest absolute Gasteiger partial charge is 0.333 e. The predicted octanol–water partition coefficient (Wildman–Crippen LogP) is 3.62. The lowest BCUT2D eigenvalue weighted by Gasteiger charge is -2.36. The highest BCUT2D eigenvalue weighted by Crippen LogP contribution is 2.22. The van der Waals surface area contributed by atoms with Gasteiger partial charge in [-0.3, -0.25) is 14.4 Å². The molecule has 3 atom stereocenters. The SMILES string of the molecule is C=C(C)C(=O)OCCCCC(=O)O[C@@H]1[C@@H](OC(=O)CCCCOC(=O)C(=C)C)COC[C@H]1OC(=O)CCCCOC(=O)C(=C)C. The fourth-order valence-electron chi connectivity index (χ4n) is 3.73. The third kappa shape index (κ3) is 17.2. The minimum atomic E-state index is -1.12. The molecule has 13 heteroatoms. The van der Waals surface area contributed by atoms with E-state index in [1.165, 1.54) is 20.8 Å². The molecule has 1 rings (SSSR count). The van der Waals surface area contributed by atoms with Crippen LogP contribution in [0.4, 0.5) is 0 Å². The van der Waals surface area contributed by atoms with Gasteiger partial charge in [0.05, 0.1) is 33.0 Å². The molecule has 0 aliphatic carbocycles. The highest BCUT2D eigenvalue weighted by molar-refractivity contribution is 5.87. The van der Waals surface area contributed by atoms with E-state index in [0.717, 1.165) is 0 Å². The van der Waals surface area contributed by atoms with E-state index in [0.29, 0.717) is 38.5 Å². The van der Waals surface area contributed by atoms with Crippen molar-refractivity contribution >= 4 is 35.8 Å². The number of hydrogen-bond donors (Lipinski definition) is 0. The van der Waals surface area contributed by atoms with E-state index < -0.39 is 54.1 Å². The second-order valence-electron chi connectivity index (χ2n) is 10.7. The maximum atomic E-state index is 12.7. The fourth-order valence-corrected chi connectivity index (χ4v) is 3.73. The molecule has 0 aromatic heterocycles. The van der Waals surface area contributed by atoms with Crippen molar-refractivity contribution in [3.63, 3.8) is 0 Å². The van der Waals surface area contributed by atoms with E-state index in [2.05, 4.69) is 19.7 Å². The molecule has 0 radical (unpaired) electrons. The summed E-state index contributed by atoms with van der Waals surface area (Å²) in [5.41, 5.74) is 0.822. The molecule has 13 nitrogen and oxygen atoms in total. The molecular weight excluding hydrogens is 592 g/mol. The molecule has 0 N–H and O–H groups in total. The van der Waals surface area contributed by atoms with Crippen LogP contribution in [-0.4, -0.2) is 87.2 Å². The summed E-state index contributed by atoms with van der Waals surface area (Å²) >= 11 is 0. The summed E-state index contributed by atoms with van der Waals surface area (Å²) in [6.07, 6.45) is -0.857. The van der Waals surface area contributed by atoms with Crippen molar-refractivity contribution in [1.29, 1.82) is 0 Å². The molecule has 0 saturated carbocycles. The van der Waals surface area contributed by atoms with Crippen molar-refractivity contribution in [2.24, 2.45) is 0 Å². The highest BCUT2D eigenvalue weighted by Gasteiger charge is 2.42. The van der Waals surface area contributed by atoms with Crippen LogP contribution in [0.3, 0.4) is 0 Å². The molecule has 45 heavy (non-hydrogen) atoms. The summed E-state index contributed by atoms with van der Waals surface area (Å²) in [6.45, 7) is 15.3. The van der Waals surface area contributed by atoms with Gasteiger partial charge in [0, 0.05) is 36.0 Å². The molecule has 0 aromatic carbocycles. The van der Waals surface area contributed by atoms with Gasteiger partial charge in [-0.05, 0) is 59.3 Å². The Kier molecular flexibility index (Phi) is 18.8. The van der Waals surface area contributed by atoms with E-state index in [1.54, 1.807) is 0 Å². The predicted molar refractivity (Wildman–Crippen MR) is 159 cm³/mol. The molecule has 1 aliphatic heterocycles. The summed E-state index contributed by atoms with van der Waals surface area (Å²) in [5.74, 6) is -3.34. The molecule has 1 saturated heterocycles. The molecule has 0 spiro atoms. The van der Waals surface area contributed by atoms with E-state index in [-0.39, 0.29) is 69.0 Å². The highest BCUT2D eigenvalue weighted by atomic mass is 16.6. The zero-order valence-corrected chi connectivity index (χ0v) is 26.6. The van der Waals surface area contributed by atoms with Crippen LogP contribution in [0.1, 0.15) is 78.6 Å². The van der Waals surface area contributed by atoms with Gasteiger partial charge in [0.1, 0.15) is 0 Å². The van der Waals surface area contributed by atoms with Gasteiger partial charge >= 0.3 is 35.8 Å². The Morgan fingerprint density at radius 1 is 0.533 bits per heavy atom. The average Bonchev–Trinajstić information content (AvgIpc) is 2.97. The Morgan fingerprint density at radius 2 is 0.844 bits per heavy atom. The first-order valence-corrected chi connectivity index (χ1v) is 15.0. The number of carbonyl (C=O) groups is 6. The summed E-state index contributed by atoms with van der Waals surface area (Å²) in [7, 11) is 0. The fraction of sp³-hybridized carbons (Fsp3) is 0.625. The van der Waals surface area contributed by atoms with Crippen LogP contribution in [0.5, 0.6) is 0 Å². The van der Waals surface area contributed by atoms with Gasteiger partial charge in [0.25, 0.3) is 0 Å². The lowest BCUT2D eigenvalue weighted by atomic mass is 10.1. The first kappa shape index (κ1) is 39.0. The molecule has 1 heterocycles. The molecule has 252 valence electrons. The normalized spacial score (nSPS) is 17.3. The van der Waals surface area contributed by atoms with Crippen LogP contribution in [-0.2, 0) is 61.9 Å². The minimum absolute atomic E-state index is 0.00506. The first-order chi connectivity index (χ1) is 21.3. The number of ether oxygens (including phenoxy) is 7. The standard InChI is InChI=1S/C32H46O13/c1-21(2)30(36)40-16-10-7-13-26(33)43-24-19-39-20-25(44-27(34)14-8-11-17-41-31(37)22(3)4)29(24)45-28(35)15-9-12-18-42-32(38)23(5)6/h24-25,29H,1,3,5,7-20H2,2,4,6H3/t24-,25+,29+. The van der Waals surface area contributed by atoms with Crippen LogP contribution in [0.25, 0.3) is 0 Å². The van der Waals surface area contributed by atoms with Crippen LogP contribution in [0.15, 0.2) is 36.5 Å². The van der Waals surface area contributed by atoms with Gasteiger partial charge in [-0.1, -0.05) is 19.7 Å². The molecule has 0 bridgehead atoms. The molecule has 0 aromatic rings. The topological polar surface area (TPSA) is 167 Å². The summed E-state index contributed by atoms with van der Waals surface area (Å²) in [6, 6.07) is 0. The van der Waals surface area contributed by atoms with Crippen LogP contribution < -0.4 is 0 Å². The summed E-state index contributed by atoms with van der Waals surface area (Å²) in [4.78, 5) is 72.3. The number of esters is 6. The van der Waals surface area contributed by atoms with Crippen LogP contribution in [0.2, 0.25) is 0 Å². The Hall–Kier alpha value is -4.00. The van der Waals surface area contributed by atoms with E-state index in [4.69, 9.17) is 33.2 Å².